The predicted molar refractivity (Wildman–Crippen MR) is 138 cm³/mol. The third-order valence-electron chi connectivity index (χ3n) is 6.35. The number of amides is 2. The number of aromatic nitrogens is 1. The van der Waals surface area contributed by atoms with Crippen LogP contribution in [-0.2, 0) is 9.59 Å². The van der Waals surface area contributed by atoms with Gasteiger partial charge in [0.05, 0.1) is 23.7 Å². The standard InChI is InChI=1S/C27H20N2O5S2/c1-33-17-12-10-16(11-13-17)29-25(30)21-20(22-24(28-27(32)36-22)35-23(21)26(29)31)15-6-5-9-19(14-15)34-18-7-3-2-4-8-18/h2-14,20-21,23H,1H3,(H,28,32). The van der Waals surface area contributed by atoms with Gasteiger partial charge in [-0.1, -0.05) is 53.4 Å². The Hall–Kier alpha value is -3.82. The molecule has 1 aromatic heterocycles. The molecule has 0 spiro atoms. The van der Waals surface area contributed by atoms with Crippen molar-refractivity contribution in [3.63, 3.8) is 0 Å². The Morgan fingerprint density at radius 2 is 1.58 bits per heavy atom. The number of thiazole rings is 1. The minimum absolute atomic E-state index is 0.207. The van der Waals surface area contributed by atoms with E-state index in [1.54, 1.807) is 31.4 Å². The van der Waals surface area contributed by atoms with Gasteiger partial charge in [0.15, 0.2) is 0 Å². The maximum atomic E-state index is 13.8. The third kappa shape index (κ3) is 3.81. The van der Waals surface area contributed by atoms with Crippen molar-refractivity contribution < 1.29 is 19.1 Å². The second-order valence-corrected chi connectivity index (χ2v) is 10.6. The fourth-order valence-corrected chi connectivity index (χ4v) is 7.27. The summed E-state index contributed by atoms with van der Waals surface area (Å²) in [5, 5.41) is -0.00980. The van der Waals surface area contributed by atoms with Gasteiger partial charge in [-0.05, 0) is 54.1 Å². The summed E-state index contributed by atoms with van der Waals surface area (Å²) in [4.78, 5) is 44.4. The first-order valence-corrected chi connectivity index (χ1v) is 13.0. The van der Waals surface area contributed by atoms with Gasteiger partial charge in [0.2, 0.25) is 11.8 Å². The largest absolute Gasteiger partial charge is 0.497 e. The first-order valence-electron chi connectivity index (χ1n) is 11.3. The van der Waals surface area contributed by atoms with Gasteiger partial charge in [-0.2, -0.15) is 0 Å². The number of methoxy groups -OCH3 is 1. The number of anilines is 1. The van der Waals surface area contributed by atoms with Crippen molar-refractivity contribution in [2.45, 2.75) is 16.2 Å². The number of H-pyrrole nitrogens is 1. The summed E-state index contributed by atoms with van der Waals surface area (Å²) in [6.07, 6.45) is 0. The summed E-state index contributed by atoms with van der Waals surface area (Å²) in [5.74, 6) is 0.244. The second kappa shape index (κ2) is 9.00. The zero-order chi connectivity index (χ0) is 24.8. The Morgan fingerprint density at radius 3 is 2.33 bits per heavy atom. The van der Waals surface area contributed by atoms with Gasteiger partial charge in [-0.3, -0.25) is 14.4 Å². The van der Waals surface area contributed by atoms with Crippen LogP contribution in [0.1, 0.15) is 16.4 Å². The van der Waals surface area contributed by atoms with Crippen molar-refractivity contribution in [3.05, 3.63) is 99.0 Å². The second-order valence-electron chi connectivity index (χ2n) is 8.45. The lowest BCUT2D eigenvalue weighted by molar-refractivity contribution is -0.122. The molecule has 3 atom stereocenters. The number of nitrogens with zero attached hydrogens (tertiary/aromatic N) is 1. The molecule has 4 aromatic rings. The van der Waals surface area contributed by atoms with Crippen LogP contribution in [0.2, 0.25) is 0 Å². The summed E-state index contributed by atoms with van der Waals surface area (Å²) < 4.78 is 11.2. The fraction of sp³-hybridized carbons (Fsp3) is 0.148. The predicted octanol–water partition coefficient (Wildman–Crippen LogP) is 5.03. The van der Waals surface area contributed by atoms with E-state index in [2.05, 4.69) is 4.98 Å². The van der Waals surface area contributed by atoms with Gasteiger partial charge in [-0.15, -0.1) is 0 Å². The number of aromatic amines is 1. The molecule has 7 nitrogen and oxygen atoms in total. The molecule has 1 saturated heterocycles. The highest BCUT2D eigenvalue weighted by Crippen LogP contribution is 2.53. The number of hydrogen-bond acceptors (Lipinski definition) is 7. The van der Waals surface area contributed by atoms with Crippen molar-refractivity contribution in [1.82, 2.24) is 4.98 Å². The highest BCUT2D eigenvalue weighted by molar-refractivity contribution is 8.00. The summed E-state index contributed by atoms with van der Waals surface area (Å²) in [6, 6.07) is 23.8. The van der Waals surface area contributed by atoms with Crippen molar-refractivity contribution >= 4 is 40.6 Å². The Bertz CT molecular complexity index is 1510. The quantitative estimate of drug-likeness (QED) is 0.374. The van der Waals surface area contributed by atoms with Gasteiger partial charge in [0.25, 0.3) is 0 Å². The van der Waals surface area contributed by atoms with Gasteiger partial charge >= 0.3 is 4.87 Å². The third-order valence-corrected chi connectivity index (χ3v) is 8.75. The summed E-state index contributed by atoms with van der Waals surface area (Å²) in [6.45, 7) is 0. The number of carbonyl (C=O) groups excluding carboxylic acids is 2. The van der Waals surface area contributed by atoms with Crippen LogP contribution in [0.5, 0.6) is 17.2 Å². The number of fused-ring (bicyclic) bond motifs is 2. The van der Waals surface area contributed by atoms with E-state index in [1.165, 1.54) is 16.7 Å². The number of para-hydroxylation sites is 1. The number of thioether (sulfide) groups is 1. The molecule has 0 saturated carbocycles. The van der Waals surface area contributed by atoms with E-state index in [1.807, 2.05) is 54.6 Å². The Labute approximate surface area is 214 Å². The minimum atomic E-state index is -0.657. The smallest absolute Gasteiger partial charge is 0.305 e. The monoisotopic (exact) mass is 516 g/mol. The molecule has 3 heterocycles. The van der Waals surface area contributed by atoms with E-state index in [9.17, 15) is 14.4 Å². The Balaban J connectivity index is 1.42. The topological polar surface area (TPSA) is 88.7 Å². The average molecular weight is 517 g/mol. The van der Waals surface area contributed by atoms with Crippen molar-refractivity contribution in [1.29, 1.82) is 0 Å². The molecule has 3 aromatic carbocycles. The maximum absolute atomic E-state index is 13.8. The molecule has 0 bridgehead atoms. The lowest BCUT2D eigenvalue weighted by Crippen LogP contribution is -2.32. The molecular weight excluding hydrogens is 496 g/mol. The maximum Gasteiger partial charge on any atom is 0.305 e. The van der Waals surface area contributed by atoms with E-state index < -0.39 is 17.1 Å². The number of benzene rings is 3. The fourth-order valence-electron chi connectivity index (χ4n) is 4.76. The Kier molecular flexibility index (Phi) is 5.66. The number of carbonyl (C=O) groups is 2. The molecule has 180 valence electrons. The number of rotatable bonds is 5. The van der Waals surface area contributed by atoms with Gasteiger partial charge < -0.3 is 14.5 Å². The molecule has 3 unspecified atom stereocenters. The molecule has 36 heavy (non-hydrogen) atoms. The van der Waals surface area contributed by atoms with Crippen LogP contribution in [0.15, 0.2) is 88.7 Å². The highest BCUT2D eigenvalue weighted by atomic mass is 32.2. The van der Waals surface area contributed by atoms with Gasteiger partial charge in [0, 0.05) is 10.8 Å². The molecule has 2 aliphatic rings. The molecular formula is C27H20N2O5S2. The highest BCUT2D eigenvalue weighted by Gasteiger charge is 2.56. The van der Waals surface area contributed by atoms with E-state index in [-0.39, 0.29) is 16.7 Å². The van der Waals surface area contributed by atoms with Crippen molar-refractivity contribution in [2.75, 3.05) is 12.0 Å². The van der Waals surface area contributed by atoms with Crippen LogP contribution in [0.4, 0.5) is 5.69 Å². The van der Waals surface area contributed by atoms with Crippen LogP contribution < -0.4 is 19.2 Å². The van der Waals surface area contributed by atoms with Crippen molar-refractivity contribution in [3.8, 4) is 17.2 Å². The Morgan fingerprint density at radius 1 is 0.833 bits per heavy atom. The SMILES string of the molecule is COc1ccc(N2C(=O)C3Sc4[nH]c(=O)sc4C(c4cccc(Oc5ccccc5)c4)C3C2=O)cc1. The number of imide groups is 1. The normalized spacial score (nSPS) is 20.7. The van der Waals surface area contributed by atoms with Gasteiger partial charge in [0.1, 0.15) is 22.5 Å². The number of hydrogen-bond donors (Lipinski definition) is 1. The van der Waals surface area contributed by atoms with Crippen LogP contribution in [-0.4, -0.2) is 29.2 Å². The summed E-state index contributed by atoms with van der Waals surface area (Å²) in [5.41, 5.74) is 1.31. The molecule has 2 amide bonds. The van der Waals surface area contributed by atoms with E-state index in [4.69, 9.17) is 9.47 Å². The molecule has 1 fully saturated rings. The average Bonchev–Trinajstić information content (AvgIpc) is 3.39. The van der Waals surface area contributed by atoms with E-state index >= 15 is 0 Å². The molecule has 0 aliphatic carbocycles. The summed E-state index contributed by atoms with van der Waals surface area (Å²) in [7, 11) is 1.56. The van der Waals surface area contributed by atoms with E-state index in [0.29, 0.717) is 28.0 Å². The lowest BCUT2D eigenvalue weighted by Gasteiger charge is -2.30. The van der Waals surface area contributed by atoms with E-state index in [0.717, 1.165) is 21.8 Å². The molecule has 2 aliphatic heterocycles. The zero-order valence-electron chi connectivity index (χ0n) is 19.0. The first kappa shape index (κ1) is 22.6. The zero-order valence-corrected chi connectivity index (χ0v) is 20.7. The van der Waals surface area contributed by atoms with Gasteiger partial charge in [-0.25, -0.2) is 4.90 Å². The van der Waals surface area contributed by atoms with Crippen LogP contribution in [0.3, 0.4) is 0 Å². The van der Waals surface area contributed by atoms with Crippen LogP contribution in [0, 0.1) is 5.92 Å². The number of ether oxygens (including phenoxy) is 2. The van der Waals surface area contributed by atoms with Crippen LogP contribution in [0.25, 0.3) is 0 Å². The molecule has 1 N–H and O–H groups in total. The first-order chi connectivity index (χ1) is 17.5. The summed E-state index contributed by atoms with van der Waals surface area (Å²) >= 11 is 2.34. The van der Waals surface area contributed by atoms with Crippen LogP contribution >= 0.6 is 23.1 Å². The molecule has 0 radical (unpaired) electrons. The minimum Gasteiger partial charge on any atom is -0.497 e. The molecule has 9 heteroatoms. The lowest BCUT2D eigenvalue weighted by atomic mass is 9.83. The number of nitrogens with one attached hydrogen (secondary N) is 1. The molecule has 6 rings (SSSR count). The van der Waals surface area contributed by atoms with Crippen molar-refractivity contribution in [2.24, 2.45) is 5.92 Å².